The van der Waals surface area contributed by atoms with Crippen molar-refractivity contribution in [3.05, 3.63) is 23.8 Å². The van der Waals surface area contributed by atoms with Gasteiger partial charge in [0.1, 0.15) is 6.61 Å². The first-order chi connectivity index (χ1) is 9.34. The van der Waals surface area contributed by atoms with Crippen molar-refractivity contribution in [2.45, 2.75) is 32.8 Å². The normalized spacial score (nSPS) is 11.4. The third-order valence-electron chi connectivity index (χ3n) is 3.20. The van der Waals surface area contributed by atoms with E-state index in [1.54, 1.807) is 13.2 Å². The summed E-state index contributed by atoms with van der Waals surface area (Å²) in [5.74, 6) is -0.191. The molecule has 0 heterocycles. The van der Waals surface area contributed by atoms with E-state index in [1.807, 2.05) is 32.9 Å². The molecule has 0 aromatic heterocycles. The Balaban J connectivity index is 2.32. The Morgan fingerprint density at radius 2 is 2.10 bits per heavy atom. The summed E-state index contributed by atoms with van der Waals surface area (Å²) in [6, 6.07) is 5.42. The second-order valence-corrected chi connectivity index (χ2v) is 5.39. The lowest BCUT2D eigenvalue weighted by Crippen LogP contribution is -2.26. The van der Waals surface area contributed by atoms with Crippen LogP contribution in [-0.4, -0.2) is 31.8 Å². The second-order valence-electron chi connectivity index (χ2n) is 5.39. The number of nitrogens with one attached hydrogen (secondary N) is 1. The molecule has 112 valence electrons. The average Bonchev–Trinajstić information content (AvgIpc) is 2.39. The Bertz CT molecular complexity index is 458. The largest absolute Gasteiger partial charge is 0.398 e. The van der Waals surface area contributed by atoms with Crippen LogP contribution in [0.3, 0.4) is 0 Å². The number of methoxy groups -OCH3 is 1. The fourth-order valence-corrected chi connectivity index (χ4v) is 1.50. The number of carbonyl (C=O) groups excluding carboxylic acids is 1. The maximum absolute atomic E-state index is 11.7. The molecule has 1 aromatic carbocycles. The molecule has 5 heteroatoms. The molecule has 0 fully saturated rings. The van der Waals surface area contributed by atoms with E-state index in [2.05, 4.69) is 5.32 Å². The predicted molar refractivity (Wildman–Crippen MR) is 80.7 cm³/mol. The Hall–Kier alpha value is -1.59. The van der Waals surface area contributed by atoms with Crippen LogP contribution >= 0.6 is 0 Å². The number of ether oxygens (including phenoxy) is 2. The van der Waals surface area contributed by atoms with Crippen molar-refractivity contribution >= 4 is 17.3 Å². The molecule has 1 amide bonds. The minimum atomic E-state index is -0.234. The highest BCUT2D eigenvalue weighted by molar-refractivity contribution is 5.92. The molecule has 0 unspecified atom stereocenters. The first kappa shape index (κ1) is 16.5. The first-order valence-electron chi connectivity index (χ1n) is 6.63. The number of nitrogens with two attached hydrogens (primary N) is 1. The number of benzene rings is 1. The summed E-state index contributed by atoms with van der Waals surface area (Å²) in [7, 11) is 1.66. The lowest BCUT2D eigenvalue weighted by atomic mass is 10.1. The summed E-state index contributed by atoms with van der Waals surface area (Å²) >= 11 is 0. The van der Waals surface area contributed by atoms with Gasteiger partial charge in [-0.15, -0.1) is 0 Å². The molecule has 0 atom stereocenters. The Labute approximate surface area is 120 Å². The fraction of sp³-hybridized carbons (Fsp3) is 0.533. The molecule has 0 bridgehead atoms. The molecule has 0 spiro atoms. The Morgan fingerprint density at radius 1 is 1.40 bits per heavy atom. The maximum atomic E-state index is 11.7. The Kier molecular flexibility index (Phi) is 5.98. The lowest BCUT2D eigenvalue weighted by Gasteiger charge is -2.22. The molecule has 1 rings (SSSR count). The number of hydrogen-bond acceptors (Lipinski definition) is 4. The minimum absolute atomic E-state index is 0.0214. The zero-order chi connectivity index (χ0) is 15.2. The zero-order valence-corrected chi connectivity index (χ0v) is 12.7. The monoisotopic (exact) mass is 280 g/mol. The van der Waals surface area contributed by atoms with E-state index in [1.165, 1.54) is 0 Å². The van der Waals surface area contributed by atoms with E-state index in [9.17, 15) is 4.79 Å². The minimum Gasteiger partial charge on any atom is -0.398 e. The topological polar surface area (TPSA) is 73.6 Å². The highest BCUT2D eigenvalue weighted by Gasteiger charge is 2.15. The van der Waals surface area contributed by atoms with E-state index in [0.717, 1.165) is 12.0 Å². The van der Waals surface area contributed by atoms with Crippen molar-refractivity contribution in [3.63, 3.8) is 0 Å². The standard InChI is InChI=1S/C15H24N2O3/c1-11-5-6-12(9-13(11)16)17-14(18)10-20-8-7-15(2,3)19-4/h5-6,9H,7-8,10,16H2,1-4H3,(H,17,18). The molecule has 3 N–H and O–H groups in total. The third kappa shape index (κ3) is 5.59. The summed E-state index contributed by atoms with van der Waals surface area (Å²) in [5.41, 5.74) is 7.88. The Morgan fingerprint density at radius 3 is 2.70 bits per heavy atom. The first-order valence-corrected chi connectivity index (χ1v) is 6.63. The molecule has 1 aromatic rings. The van der Waals surface area contributed by atoms with Crippen molar-refractivity contribution in [3.8, 4) is 0 Å². The SMILES string of the molecule is COC(C)(C)CCOCC(=O)Nc1ccc(C)c(N)c1. The van der Waals surface area contributed by atoms with E-state index in [4.69, 9.17) is 15.2 Å². The van der Waals surface area contributed by atoms with Crippen LogP contribution in [-0.2, 0) is 14.3 Å². The average molecular weight is 280 g/mol. The number of amides is 1. The summed E-state index contributed by atoms with van der Waals surface area (Å²) < 4.78 is 10.6. The van der Waals surface area contributed by atoms with Crippen molar-refractivity contribution in [2.75, 3.05) is 31.4 Å². The number of aryl methyl sites for hydroxylation is 1. The molecule has 0 radical (unpaired) electrons. The van der Waals surface area contributed by atoms with Crippen molar-refractivity contribution in [2.24, 2.45) is 0 Å². The van der Waals surface area contributed by atoms with Gasteiger partial charge in [0.2, 0.25) is 5.91 Å². The van der Waals surface area contributed by atoms with Crippen LogP contribution in [0.15, 0.2) is 18.2 Å². The van der Waals surface area contributed by atoms with Crippen molar-refractivity contribution in [1.82, 2.24) is 0 Å². The van der Waals surface area contributed by atoms with Gasteiger partial charge in [-0.25, -0.2) is 0 Å². The molecule has 20 heavy (non-hydrogen) atoms. The van der Waals surface area contributed by atoms with Gasteiger partial charge in [-0.05, 0) is 44.9 Å². The van der Waals surface area contributed by atoms with E-state index < -0.39 is 0 Å². The molecular formula is C15H24N2O3. The van der Waals surface area contributed by atoms with Gasteiger partial charge < -0.3 is 20.5 Å². The van der Waals surface area contributed by atoms with Gasteiger partial charge in [-0.3, -0.25) is 4.79 Å². The fourth-order valence-electron chi connectivity index (χ4n) is 1.50. The van der Waals surface area contributed by atoms with Gasteiger partial charge >= 0.3 is 0 Å². The lowest BCUT2D eigenvalue weighted by molar-refractivity contribution is -0.121. The van der Waals surface area contributed by atoms with Crippen LogP contribution < -0.4 is 11.1 Å². The number of hydrogen-bond donors (Lipinski definition) is 2. The van der Waals surface area contributed by atoms with E-state index in [0.29, 0.717) is 18.0 Å². The smallest absolute Gasteiger partial charge is 0.250 e. The molecular weight excluding hydrogens is 256 g/mol. The van der Waals surface area contributed by atoms with E-state index in [-0.39, 0.29) is 18.1 Å². The summed E-state index contributed by atoms with van der Waals surface area (Å²) in [5, 5.41) is 2.75. The van der Waals surface area contributed by atoms with Crippen molar-refractivity contribution < 1.29 is 14.3 Å². The van der Waals surface area contributed by atoms with Gasteiger partial charge in [-0.1, -0.05) is 6.07 Å². The van der Waals surface area contributed by atoms with Gasteiger partial charge in [0.15, 0.2) is 0 Å². The number of anilines is 2. The number of nitrogen functional groups attached to an aromatic ring is 1. The van der Waals surface area contributed by atoms with Crippen LogP contribution in [0.2, 0.25) is 0 Å². The van der Waals surface area contributed by atoms with Gasteiger partial charge in [-0.2, -0.15) is 0 Å². The predicted octanol–water partition coefficient (Wildman–Crippen LogP) is 2.35. The van der Waals surface area contributed by atoms with Crippen LogP contribution in [0.1, 0.15) is 25.8 Å². The summed E-state index contributed by atoms with van der Waals surface area (Å²) in [6.07, 6.45) is 0.730. The maximum Gasteiger partial charge on any atom is 0.250 e. The number of carbonyl (C=O) groups is 1. The summed E-state index contributed by atoms with van der Waals surface area (Å²) in [6.45, 7) is 6.37. The van der Waals surface area contributed by atoms with Crippen molar-refractivity contribution in [1.29, 1.82) is 0 Å². The van der Waals surface area contributed by atoms with Crippen LogP contribution in [0.4, 0.5) is 11.4 Å². The van der Waals surface area contributed by atoms with Gasteiger partial charge in [0.25, 0.3) is 0 Å². The van der Waals surface area contributed by atoms with Gasteiger partial charge in [0, 0.05) is 25.1 Å². The molecule has 0 saturated heterocycles. The van der Waals surface area contributed by atoms with E-state index >= 15 is 0 Å². The second kappa shape index (κ2) is 7.26. The summed E-state index contributed by atoms with van der Waals surface area (Å²) in [4.78, 5) is 11.7. The highest BCUT2D eigenvalue weighted by atomic mass is 16.5. The van der Waals surface area contributed by atoms with Gasteiger partial charge in [0.05, 0.1) is 5.60 Å². The molecule has 5 nitrogen and oxygen atoms in total. The molecule has 0 aliphatic carbocycles. The zero-order valence-electron chi connectivity index (χ0n) is 12.7. The quantitative estimate of drug-likeness (QED) is 0.594. The molecule has 0 saturated carbocycles. The molecule has 0 aliphatic rings. The number of rotatable bonds is 7. The van der Waals surface area contributed by atoms with Crippen LogP contribution in [0, 0.1) is 6.92 Å². The third-order valence-corrected chi connectivity index (χ3v) is 3.20. The highest BCUT2D eigenvalue weighted by Crippen LogP contribution is 2.17. The molecule has 0 aliphatic heterocycles. The van der Waals surface area contributed by atoms with Crippen LogP contribution in [0.25, 0.3) is 0 Å². The van der Waals surface area contributed by atoms with Crippen LogP contribution in [0.5, 0.6) is 0 Å².